The summed E-state index contributed by atoms with van der Waals surface area (Å²) >= 11 is 6.62. The highest BCUT2D eigenvalue weighted by molar-refractivity contribution is 6.34. The van der Waals surface area contributed by atoms with Crippen LogP contribution in [0.5, 0.6) is 0 Å². The number of piperidine rings is 1. The van der Waals surface area contributed by atoms with Crippen LogP contribution >= 0.6 is 11.6 Å². The molecule has 8 heteroatoms. The predicted octanol–water partition coefficient (Wildman–Crippen LogP) is 5.93. The van der Waals surface area contributed by atoms with Gasteiger partial charge in [-0.1, -0.05) is 42.3 Å². The molecule has 0 spiro atoms. The molecule has 0 N–H and O–H groups in total. The summed E-state index contributed by atoms with van der Waals surface area (Å²) in [5.41, 5.74) is 2.10. The van der Waals surface area contributed by atoms with Crippen LogP contribution in [0.1, 0.15) is 55.6 Å². The third-order valence-electron chi connectivity index (χ3n) is 6.77. The molecule has 2 aromatic heterocycles. The predicted molar refractivity (Wildman–Crippen MR) is 114 cm³/mol. The van der Waals surface area contributed by atoms with Crippen molar-refractivity contribution in [1.29, 1.82) is 0 Å². The van der Waals surface area contributed by atoms with Crippen LogP contribution in [0.2, 0.25) is 5.02 Å². The third-order valence-corrected chi connectivity index (χ3v) is 7.15. The number of hydrogen-bond donors (Lipinski definition) is 0. The van der Waals surface area contributed by atoms with E-state index >= 15 is 0 Å². The second-order valence-corrected chi connectivity index (χ2v) is 9.12. The molecule has 3 heterocycles. The average Bonchev–Trinajstić information content (AvgIpc) is 3.03. The molecule has 0 bridgehead atoms. The Morgan fingerprint density at radius 2 is 1.81 bits per heavy atom. The first kappa shape index (κ1) is 20.8. The number of aromatic nitrogens is 3. The third kappa shape index (κ3) is 3.42. The van der Waals surface area contributed by atoms with E-state index in [4.69, 9.17) is 11.6 Å². The van der Waals surface area contributed by atoms with E-state index in [1.165, 1.54) is 0 Å². The molecule has 31 heavy (non-hydrogen) atoms. The number of halogens is 4. The van der Waals surface area contributed by atoms with Crippen molar-refractivity contribution in [3.05, 3.63) is 51.8 Å². The van der Waals surface area contributed by atoms with Crippen molar-refractivity contribution in [2.45, 2.75) is 70.8 Å². The Bertz CT molecular complexity index is 1140. The zero-order chi connectivity index (χ0) is 21.9. The lowest BCUT2D eigenvalue weighted by molar-refractivity contribution is -0.143. The molecule has 0 saturated carbocycles. The summed E-state index contributed by atoms with van der Waals surface area (Å²) in [6.45, 7) is 4.71. The van der Waals surface area contributed by atoms with Gasteiger partial charge in [-0.3, -0.25) is 4.90 Å². The zero-order valence-electron chi connectivity index (χ0n) is 17.5. The van der Waals surface area contributed by atoms with E-state index in [1.54, 1.807) is 0 Å². The zero-order valence-corrected chi connectivity index (χ0v) is 18.3. The van der Waals surface area contributed by atoms with Crippen LogP contribution < -0.4 is 0 Å². The van der Waals surface area contributed by atoms with Gasteiger partial charge >= 0.3 is 6.18 Å². The van der Waals surface area contributed by atoms with Crippen LogP contribution in [0.3, 0.4) is 0 Å². The van der Waals surface area contributed by atoms with E-state index in [-0.39, 0.29) is 22.7 Å². The van der Waals surface area contributed by atoms with Crippen molar-refractivity contribution in [2.75, 3.05) is 0 Å². The molecule has 2 unspecified atom stereocenters. The molecule has 4 nitrogen and oxygen atoms in total. The summed E-state index contributed by atoms with van der Waals surface area (Å²) in [6, 6.07) is 8.17. The largest absolute Gasteiger partial charge is 0.433 e. The van der Waals surface area contributed by atoms with Crippen LogP contribution in [0, 0.1) is 0 Å². The fraction of sp³-hybridized carbons (Fsp3) is 0.478. The van der Waals surface area contributed by atoms with E-state index in [1.807, 2.05) is 24.3 Å². The van der Waals surface area contributed by atoms with Gasteiger partial charge in [-0.05, 0) is 45.1 Å². The van der Waals surface area contributed by atoms with Gasteiger partial charge < -0.3 is 0 Å². The summed E-state index contributed by atoms with van der Waals surface area (Å²) in [5.74, 6) is 0. The highest BCUT2D eigenvalue weighted by Gasteiger charge is 2.41. The Balaban J connectivity index is 1.70. The van der Waals surface area contributed by atoms with Gasteiger partial charge in [-0.15, -0.1) is 0 Å². The topological polar surface area (TPSA) is 33.4 Å². The summed E-state index contributed by atoms with van der Waals surface area (Å²) in [5, 5.41) is 4.58. The number of rotatable bonds is 2. The number of fused-ring (bicyclic) bond motifs is 4. The average molecular weight is 449 g/mol. The van der Waals surface area contributed by atoms with Gasteiger partial charge in [-0.2, -0.15) is 18.3 Å². The second-order valence-electron chi connectivity index (χ2n) is 8.74. The molecule has 0 radical (unpaired) electrons. The van der Waals surface area contributed by atoms with Gasteiger partial charge in [0.25, 0.3) is 0 Å². The van der Waals surface area contributed by atoms with Crippen molar-refractivity contribution >= 4 is 17.2 Å². The van der Waals surface area contributed by atoms with Crippen LogP contribution in [-0.4, -0.2) is 31.6 Å². The van der Waals surface area contributed by atoms with Crippen molar-refractivity contribution in [2.24, 2.45) is 0 Å². The summed E-state index contributed by atoms with van der Waals surface area (Å²) in [4.78, 5) is 6.91. The molecular weight excluding hydrogens is 425 g/mol. The van der Waals surface area contributed by atoms with Crippen LogP contribution in [0.4, 0.5) is 13.2 Å². The molecule has 2 atom stereocenters. The monoisotopic (exact) mass is 448 g/mol. The van der Waals surface area contributed by atoms with Crippen LogP contribution in [0.15, 0.2) is 24.3 Å². The summed E-state index contributed by atoms with van der Waals surface area (Å²) < 4.78 is 43.7. The van der Waals surface area contributed by atoms with Gasteiger partial charge in [0.1, 0.15) is 5.02 Å². The Labute approximate surface area is 184 Å². The molecule has 164 valence electrons. The lowest BCUT2D eigenvalue weighted by Gasteiger charge is -2.38. The van der Waals surface area contributed by atoms with Gasteiger partial charge in [0.2, 0.25) is 0 Å². The molecule has 1 aromatic carbocycles. The van der Waals surface area contributed by atoms with Gasteiger partial charge in [0, 0.05) is 29.8 Å². The normalized spacial score (nSPS) is 21.9. The van der Waals surface area contributed by atoms with E-state index in [9.17, 15) is 13.2 Å². The number of alkyl halides is 3. The molecule has 5 rings (SSSR count). The summed E-state index contributed by atoms with van der Waals surface area (Å²) in [7, 11) is 0. The Morgan fingerprint density at radius 3 is 2.52 bits per heavy atom. The Kier molecular flexibility index (Phi) is 5.01. The van der Waals surface area contributed by atoms with Gasteiger partial charge in [-0.25, -0.2) is 9.50 Å². The van der Waals surface area contributed by atoms with Crippen molar-refractivity contribution in [1.82, 2.24) is 19.5 Å². The molecule has 2 aliphatic rings. The molecular formula is C23H24ClF3N4. The number of likely N-dealkylation sites (tertiary alicyclic amines) is 1. The van der Waals surface area contributed by atoms with Crippen molar-refractivity contribution < 1.29 is 13.2 Å². The van der Waals surface area contributed by atoms with Crippen molar-refractivity contribution in [3.63, 3.8) is 0 Å². The maximum absolute atomic E-state index is 14.3. The molecule has 0 amide bonds. The lowest BCUT2D eigenvalue weighted by Crippen LogP contribution is -2.43. The Hall–Kier alpha value is -2.12. The number of hydrogen-bond acceptors (Lipinski definition) is 3. The quantitative estimate of drug-likeness (QED) is 0.487. The second kappa shape index (κ2) is 7.48. The van der Waals surface area contributed by atoms with E-state index < -0.39 is 11.9 Å². The minimum absolute atomic E-state index is 0.0803. The highest BCUT2D eigenvalue weighted by Crippen LogP contribution is 2.42. The number of nitrogens with zero attached hydrogens (tertiary/aromatic N) is 4. The van der Waals surface area contributed by atoms with Gasteiger partial charge in [0.05, 0.1) is 11.4 Å². The molecule has 1 saturated heterocycles. The van der Waals surface area contributed by atoms with E-state index in [0.717, 1.165) is 34.9 Å². The van der Waals surface area contributed by atoms with Gasteiger partial charge in [0.15, 0.2) is 11.3 Å². The first-order valence-electron chi connectivity index (χ1n) is 10.8. The standard InChI is InChI=1S/C23H24ClF3N4/c1-13-6-5-7-14(2)30(13)12-18-19(24)22-28-20-16-9-4-3-8-15(16)10-11-17(20)21(23(25,26)27)31(22)29-18/h3-4,8-9,13-14H,5-7,10-12H2,1-2H3. The highest BCUT2D eigenvalue weighted by atomic mass is 35.5. The SMILES string of the molecule is CC1CCCC(C)N1Cc1nn2c(C(F)(F)F)c3c(nc2c1Cl)-c1ccccc1CC3. The van der Waals surface area contributed by atoms with E-state index in [2.05, 4.69) is 28.8 Å². The minimum atomic E-state index is -4.56. The maximum atomic E-state index is 14.3. The van der Waals surface area contributed by atoms with E-state index in [0.29, 0.717) is 36.4 Å². The maximum Gasteiger partial charge on any atom is 0.433 e. The fourth-order valence-electron chi connectivity index (χ4n) is 5.14. The smallest absolute Gasteiger partial charge is 0.292 e. The summed E-state index contributed by atoms with van der Waals surface area (Å²) in [6.07, 6.45) is -0.459. The van der Waals surface area contributed by atoms with Crippen LogP contribution in [-0.2, 0) is 25.6 Å². The Morgan fingerprint density at radius 1 is 1.10 bits per heavy atom. The minimum Gasteiger partial charge on any atom is -0.292 e. The molecule has 1 fully saturated rings. The lowest BCUT2D eigenvalue weighted by atomic mass is 9.88. The number of benzene rings is 1. The number of aryl methyl sites for hydroxylation is 1. The first-order valence-corrected chi connectivity index (χ1v) is 11.1. The first-order chi connectivity index (χ1) is 14.8. The molecule has 1 aliphatic heterocycles. The fourth-order valence-corrected chi connectivity index (χ4v) is 5.36. The van der Waals surface area contributed by atoms with Crippen LogP contribution in [0.25, 0.3) is 16.9 Å². The molecule has 1 aliphatic carbocycles. The molecule has 3 aromatic rings. The van der Waals surface area contributed by atoms with Crippen molar-refractivity contribution in [3.8, 4) is 11.3 Å².